The van der Waals surface area contributed by atoms with Gasteiger partial charge in [0, 0.05) is 12.6 Å². The van der Waals surface area contributed by atoms with Crippen molar-refractivity contribution in [1.82, 2.24) is 15.5 Å². The van der Waals surface area contributed by atoms with Gasteiger partial charge in [-0.1, -0.05) is 20.8 Å². The van der Waals surface area contributed by atoms with E-state index in [0.29, 0.717) is 12.6 Å². The average Bonchev–Trinajstić information content (AvgIpc) is 2.39. The van der Waals surface area contributed by atoms with Gasteiger partial charge >= 0.3 is 0 Å². The fraction of sp³-hybridized carbons (Fsp3) is 0.929. The molecule has 0 radical (unpaired) electrons. The highest BCUT2D eigenvalue weighted by Gasteiger charge is 2.06. The number of carbonyl (C=O) groups is 1. The lowest BCUT2D eigenvalue weighted by atomic mass is 10.1. The molecule has 0 aromatic heterocycles. The number of amides is 1. The van der Waals surface area contributed by atoms with Crippen LogP contribution in [0.1, 0.15) is 47.0 Å². The molecule has 108 valence electrons. The quantitative estimate of drug-likeness (QED) is 0.591. The molecule has 0 aliphatic rings. The average molecular weight is 257 g/mol. The minimum Gasteiger partial charge on any atom is -0.355 e. The molecule has 1 atom stereocenters. The van der Waals surface area contributed by atoms with Crippen LogP contribution in [0.5, 0.6) is 0 Å². The second-order valence-electron chi connectivity index (χ2n) is 4.80. The van der Waals surface area contributed by atoms with Crippen molar-refractivity contribution in [2.75, 3.05) is 32.7 Å². The van der Waals surface area contributed by atoms with E-state index in [9.17, 15) is 4.79 Å². The van der Waals surface area contributed by atoms with E-state index < -0.39 is 0 Å². The Hall–Kier alpha value is -0.610. The van der Waals surface area contributed by atoms with Crippen molar-refractivity contribution in [2.45, 2.75) is 53.0 Å². The number of nitrogens with one attached hydrogen (secondary N) is 2. The molecule has 2 N–H and O–H groups in total. The predicted octanol–water partition coefficient (Wildman–Crippen LogP) is 1.61. The van der Waals surface area contributed by atoms with E-state index in [2.05, 4.69) is 43.2 Å². The van der Waals surface area contributed by atoms with Crippen molar-refractivity contribution in [2.24, 2.45) is 0 Å². The third kappa shape index (κ3) is 9.42. The Morgan fingerprint density at radius 1 is 1.22 bits per heavy atom. The molecule has 0 spiro atoms. The first-order valence-corrected chi connectivity index (χ1v) is 7.36. The Bertz CT molecular complexity index is 205. The Balaban J connectivity index is 3.53. The molecule has 0 aromatic rings. The zero-order valence-electron chi connectivity index (χ0n) is 12.6. The van der Waals surface area contributed by atoms with Gasteiger partial charge in [0.05, 0.1) is 6.54 Å². The Morgan fingerprint density at radius 2 is 1.89 bits per heavy atom. The van der Waals surface area contributed by atoms with Crippen LogP contribution in [0.15, 0.2) is 0 Å². The van der Waals surface area contributed by atoms with Gasteiger partial charge in [0.1, 0.15) is 0 Å². The summed E-state index contributed by atoms with van der Waals surface area (Å²) in [5.74, 6) is 0.104. The number of hydrogen-bond donors (Lipinski definition) is 2. The molecule has 4 heteroatoms. The molecule has 1 amide bonds. The predicted molar refractivity (Wildman–Crippen MR) is 77.8 cm³/mol. The van der Waals surface area contributed by atoms with E-state index in [1.807, 2.05) is 0 Å². The SMILES string of the molecule is CCCNC(=O)CNC(C)CCCN(CC)CC. The van der Waals surface area contributed by atoms with Gasteiger partial charge in [-0.05, 0) is 45.8 Å². The molecular formula is C14H31N3O. The first-order valence-electron chi connectivity index (χ1n) is 7.36. The topological polar surface area (TPSA) is 44.4 Å². The van der Waals surface area contributed by atoms with Crippen LogP contribution >= 0.6 is 0 Å². The van der Waals surface area contributed by atoms with Gasteiger partial charge in [0.25, 0.3) is 0 Å². The Morgan fingerprint density at radius 3 is 2.44 bits per heavy atom. The van der Waals surface area contributed by atoms with Gasteiger partial charge in [0.2, 0.25) is 5.91 Å². The number of rotatable bonds is 11. The second-order valence-corrected chi connectivity index (χ2v) is 4.80. The maximum atomic E-state index is 11.4. The highest BCUT2D eigenvalue weighted by Crippen LogP contribution is 1.99. The van der Waals surface area contributed by atoms with E-state index in [0.717, 1.165) is 39.0 Å². The van der Waals surface area contributed by atoms with Crippen LogP contribution in [0, 0.1) is 0 Å². The number of nitrogens with zero attached hydrogens (tertiary/aromatic N) is 1. The summed E-state index contributed by atoms with van der Waals surface area (Å²) < 4.78 is 0. The zero-order chi connectivity index (χ0) is 13.8. The van der Waals surface area contributed by atoms with E-state index in [1.54, 1.807) is 0 Å². The van der Waals surface area contributed by atoms with Gasteiger partial charge in [-0.15, -0.1) is 0 Å². The van der Waals surface area contributed by atoms with Gasteiger partial charge in [0.15, 0.2) is 0 Å². The lowest BCUT2D eigenvalue weighted by molar-refractivity contribution is -0.120. The molecule has 0 aromatic carbocycles. The van der Waals surface area contributed by atoms with E-state index in [4.69, 9.17) is 0 Å². The van der Waals surface area contributed by atoms with Crippen molar-refractivity contribution in [3.63, 3.8) is 0 Å². The summed E-state index contributed by atoms with van der Waals surface area (Å²) in [5.41, 5.74) is 0. The molecule has 0 heterocycles. The molecule has 0 fully saturated rings. The minimum absolute atomic E-state index is 0.104. The number of carbonyl (C=O) groups excluding carboxylic acids is 1. The smallest absolute Gasteiger partial charge is 0.233 e. The Kier molecular flexibility index (Phi) is 11.1. The van der Waals surface area contributed by atoms with Gasteiger partial charge in [-0.25, -0.2) is 0 Å². The molecule has 0 aliphatic heterocycles. The van der Waals surface area contributed by atoms with Crippen molar-refractivity contribution in [3.8, 4) is 0 Å². The first kappa shape index (κ1) is 17.4. The molecule has 0 saturated heterocycles. The van der Waals surface area contributed by atoms with E-state index in [1.165, 1.54) is 6.42 Å². The summed E-state index contributed by atoms with van der Waals surface area (Å²) in [7, 11) is 0. The molecule has 0 rings (SSSR count). The Labute approximate surface area is 113 Å². The number of hydrogen-bond acceptors (Lipinski definition) is 3. The van der Waals surface area contributed by atoms with Gasteiger partial charge in [-0.3, -0.25) is 4.79 Å². The van der Waals surface area contributed by atoms with Crippen LogP contribution in [0.3, 0.4) is 0 Å². The fourth-order valence-corrected chi connectivity index (χ4v) is 1.86. The van der Waals surface area contributed by atoms with Crippen LogP contribution in [0.25, 0.3) is 0 Å². The highest BCUT2D eigenvalue weighted by molar-refractivity contribution is 5.77. The highest BCUT2D eigenvalue weighted by atomic mass is 16.1. The monoisotopic (exact) mass is 257 g/mol. The summed E-state index contributed by atoms with van der Waals surface area (Å²) in [6.07, 6.45) is 3.30. The first-order chi connectivity index (χ1) is 8.63. The summed E-state index contributed by atoms with van der Waals surface area (Å²) in [4.78, 5) is 13.8. The lowest BCUT2D eigenvalue weighted by Gasteiger charge is -2.19. The molecular weight excluding hydrogens is 226 g/mol. The fourth-order valence-electron chi connectivity index (χ4n) is 1.86. The minimum atomic E-state index is 0.104. The van der Waals surface area contributed by atoms with Crippen molar-refractivity contribution >= 4 is 5.91 Å². The van der Waals surface area contributed by atoms with Crippen LogP contribution in [0.2, 0.25) is 0 Å². The maximum absolute atomic E-state index is 11.4. The molecule has 0 saturated carbocycles. The van der Waals surface area contributed by atoms with Crippen LogP contribution in [0.4, 0.5) is 0 Å². The van der Waals surface area contributed by atoms with Crippen molar-refractivity contribution < 1.29 is 4.79 Å². The van der Waals surface area contributed by atoms with Crippen LogP contribution < -0.4 is 10.6 Å². The zero-order valence-corrected chi connectivity index (χ0v) is 12.6. The van der Waals surface area contributed by atoms with Crippen LogP contribution in [-0.2, 0) is 4.79 Å². The molecule has 4 nitrogen and oxygen atoms in total. The largest absolute Gasteiger partial charge is 0.355 e. The van der Waals surface area contributed by atoms with Crippen LogP contribution in [-0.4, -0.2) is 49.6 Å². The maximum Gasteiger partial charge on any atom is 0.233 e. The standard InChI is InChI=1S/C14H31N3O/c1-5-10-15-14(18)12-16-13(4)9-8-11-17(6-2)7-3/h13,16H,5-12H2,1-4H3,(H,15,18). The second kappa shape index (κ2) is 11.5. The van der Waals surface area contributed by atoms with E-state index in [-0.39, 0.29) is 5.91 Å². The normalized spacial score (nSPS) is 12.7. The molecule has 0 bridgehead atoms. The van der Waals surface area contributed by atoms with Crippen molar-refractivity contribution in [3.05, 3.63) is 0 Å². The van der Waals surface area contributed by atoms with E-state index >= 15 is 0 Å². The third-order valence-electron chi connectivity index (χ3n) is 3.19. The van der Waals surface area contributed by atoms with Gasteiger partial charge < -0.3 is 15.5 Å². The molecule has 1 unspecified atom stereocenters. The molecule has 18 heavy (non-hydrogen) atoms. The molecule has 0 aliphatic carbocycles. The summed E-state index contributed by atoms with van der Waals surface area (Å²) in [6, 6.07) is 0.410. The van der Waals surface area contributed by atoms with Gasteiger partial charge in [-0.2, -0.15) is 0 Å². The third-order valence-corrected chi connectivity index (χ3v) is 3.19. The summed E-state index contributed by atoms with van der Waals surface area (Å²) in [6.45, 7) is 13.2. The summed E-state index contributed by atoms with van der Waals surface area (Å²) >= 11 is 0. The van der Waals surface area contributed by atoms with Crippen molar-refractivity contribution in [1.29, 1.82) is 0 Å². The lowest BCUT2D eigenvalue weighted by Crippen LogP contribution is -2.38. The summed E-state index contributed by atoms with van der Waals surface area (Å²) in [5, 5.41) is 6.14.